The first-order chi connectivity index (χ1) is 11.9. The molecule has 1 fully saturated rings. The first-order valence-electron chi connectivity index (χ1n) is 7.61. The summed E-state index contributed by atoms with van der Waals surface area (Å²) in [5.41, 5.74) is 0.759. The fourth-order valence-corrected chi connectivity index (χ4v) is 3.73. The first kappa shape index (κ1) is 17.4. The van der Waals surface area contributed by atoms with E-state index in [1.807, 2.05) is 0 Å². The van der Waals surface area contributed by atoms with E-state index in [1.54, 1.807) is 24.3 Å². The van der Waals surface area contributed by atoms with Crippen molar-refractivity contribution in [3.05, 3.63) is 53.6 Å². The van der Waals surface area contributed by atoms with Crippen LogP contribution in [-0.2, 0) is 19.6 Å². The molecule has 1 N–H and O–H groups in total. The highest BCUT2D eigenvalue weighted by Gasteiger charge is 2.27. The molecular formula is C17H15ClN2O4S. The molecule has 2 aromatic rings. The van der Waals surface area contributed by atoms with Gasteiger partial charge in [0.25, 0.3) is 10.0 Å². The summed E-state index contributed by atoms with van der Waals surface area (Å²) in [6.07, 6.45) is 1.17. The van der Waals surface area contributed by atoms with Crippen LogP contribution < -0.4 is 9.62 Å². The van der Waals surface area contributed by atoms with E-state index in [0.717, 1.165) is 4.90 Å². The number of carbonyl (C=O) groups is 2. The SMILES string of the molecule is O=C1CCCC(=O)N1c1ccc(S(=O)(=O)Nc2ccc(Cl)cc2)cc1. The van der Waals surface area contributed by atoms with E-state index in [1.165, 1.54) is 24.3 Å². The number of hydrogen-bond donors (Lipinski definition) is 1. The van der Waals surface area contributed by atoms with Gasteiger partial charge in [0.1, 0.15) is 0 Å². The van der Waals surface area contributed by atoms with E-state index in [2.05, 4.69) is 4.72 Å². The quantitative estimate of drug-likeness (QED) is 0.828. The molecule has 1 aliphatic heterocycles. The minimum Gasteiger partial charge on any atom is -0.280 e. The molecule has 0 spiro atoms. The van der Waals surface area contributed by atoms with Crippen LogP contribution in [-0.4, -0.2) is 20.2 Å². The summed E-state index contributed by atoms with van der Waals surface area (Å²) < 4.78 is 27.3. The normalized spacial score (nSPS) is 15.3. The zero-order valence-corrected chi connectivity index (χ0v) is 14.7. The number of hydrogen-bond acceptors (Lipinski definition) is 4. The average molecular weight is 379 g/mol. The number of carbonyl (C=O) groups excluding carboxylic acids is 2. The van der Waals surface area contributed by atoms with Gasteiger partial charge in [0.05, 0.1) is 10.6 Å². The second-order valence-electron chi connectivity index (χ2n) is 5.58. The maximum atomic E-state index is 12.4. The molecule has 0 aliphatic carbocycles. The topological polar surface area (TPSA) is 83.6 Å². The Balaban J connectivity index is 1.82. The molecule has 1 saturated heterocycles. The van der Waals surface area contributed by atoms with Crippen molar-refractivity contribution < 1.29 is 18.0 Å². The Morgan fingerprint density at radius 1 is 0.880 bits per heavy atom. The molecular weight excluding hydrogens is 364 g/mol. The van der Waals surface area contributed by atoms with Gasteiger partial charge in [0.15, 0.2) is 0 Å². The number of amides is 2. The van der Waals surface area contributed by atoms with Gasteiger partial charge < -0.3 is 0 Å². The van der Waals surface area contributed by atoms with Gasteiger partial charge in [-0.1, -0.05) is 11.6 Å². The van der Waals surface area contributed by atoms with Crippen LogP contribution in [0.2, 0.25) is 5.02 Å². The van der Waals surface area contributed by atoms with Crippen molar-refractivity contribution in [3.63, 3.8) is 0 Å². The van der Waals surface area contributed by atoms with Crippen LogP contribution in [0, 0.1) is 0 Å². The highest BCUT2D eigenvalue weighted by molar-refractivity contribution is 7.92. The molecule has 130 valence electrons. The summed E-state index contributed by atoms with van der Waals surface area (Å²) in [5.74, 6) is -0.544. The van der Waals surface area contributed by atoms with Crippen LogP contribution in [0.5, 0.6) is 0 Å². The predicted molar refractivity (Wildman–Crippen MR) is 95.0 cm³/mol. The maximum absolute atomic E-state index is 12.4. The Hall–Kier alpha value is -2.38. The lowest BCUT2D eigenvalue weighted by molar-refractivity contribution is -0.129. The van der Waals surface area contributed by atoms with E-state index in [0.29, 0.717) is 35.7 Å². The number of rotatable bonds is 4. The highest BCUT2D eigenvalue weighted by atomic mass is 35.5. The fraction of sp³-hybridized carbons (Fsp3) is 0.176. The lowest BCUT2D eigenvalue weighted by Gasteiger charge is -2.24. The molecule has 0 aromatic heterocycles. The van der Waals surface area contributed by atoms with Gasteiger partial charge in [-0.25, -0.2) is 8.42 Å². The monoisotopic (exact) mass is 378 g/mol. The van der Waals surface area contributed by atoms with E-state index in [-0.39, 0.29) is 16.7 Å². The second-order valence-corrected chi connectivity index (χ2v) is 7.70. The molecule has 1 aliphatic rings. The largest absolute Gasteiger partial charge is 0.280 e. The van der Waals surface area contributed by atoms with Crippen molar-refractivity contribution in [2.45, 2.75) is 24.2 Å². The van der Waals surface area contributed by atoms with Gasteiger partial charge in [-0.15, -0.1) is 0 Å². The van der Waals surface area contributed by atoms with Gasteiger partial charge in [0.2, 0.25) is 11.8 Å². The summed E-state index contributed by atoms with van der Waals surface area (Å²) in [6, 6.07) is 11.9. The Kier molecular flexibility index (Phi) is 4.78. The van der Waals surface area contributed by atoms with E-state index >= 15 is 0 Å². The third-order valence-corrected chi connectivity index (χ3v) is 5.43. The summed E-state index contributed by atoms with van der Waals surface area (Å²) in [7, 11) is -3.78. The van der Waals surface area contributed by atoms with Gasteiger partial charge in [0, 0.05) is 23.6 Å². The highest BCUT2D eigenvalue weighted by Crippen LogP contribution is 2.24. The third kappa shape index (κ3) is 3.83. The zero-order valence-electron chi connectivity index (χ0n) is 13.1. The summed E-state index contributed by atoms with van der Waals surface area (Å²) in [6.45, 7) is 0. The second kappa shape index (κ2) is 6.85. The Labute approximate surface area is 150 Å². The summed E-state index contributed by atoms with van der Waals surface area (Å²) >= 11 is 5.78. The van der Waals surface area contributed by atoms with Gasteiger partial charge in [-0.05, 0) is 55.0 Å². The molecule has 3 rings (SSSR count). The van der Waals surface area contributed by atoms with Crippen LogP contribution in [0.1, 0.15) is 19.3 Å². The Morgan fingerprint density at radius 3 is 2.00 bits per heavy atom. The summed E-state index contributed by atoms with van der Waals surface area (Å²) in [5, 5.41) is 0.503. The average Bonchev–Trinajstić information content (AvgIpc) is 2.57. The van der Waals surface area contributed by atoms with Crippen LogP contribution in [0.25, 0.3) is 0 Å². The zero-order chi connectivity index (χ0) is 18.0. The molecule has 0 saturated carbocycles. The van der Waals surface area contributed by atoms with Crippen molar-refractivity contribution in [1.29, 1.82) is 0 Å². The van der Waals surface area contributed by atoms with Crippen molar-refractivity contribution >= 4 is 44.8 Å². The number of nitrogens with zero attached hydrogens (tertiary/aromatic N) is 1. The van der Waals surface area contributed by atoms with Gasteiger partial charge in [-0.2, -0.15) is 0 Å². The van der Waals surface area contributed by atoms with E-state index in [9.17, 15) is 18.0 Å². The maximum Gasteiger partial charge on any atom is 0.261 e. The number of piperidine rings is 1. The lowest BCUT2D eigenvalue weighted by Crippen LogP contribution is -2.40. The molecule has 8 heteroatoms. The van der Waals surface area contributed by atoms with Crippen LogP contribution in [0.3, 0.4) is 0 Å². The number of anilines is 2. The predicted octanol–water partition coefficient (Wildman–Crippen LogP) is 3.18. The smallest absolute Gasteiger partial charge is 0.261 e. The van der Waals surface area contributed by atoms with Gasteiger partial charge in [-0.3, -0.25) is 19.2 Å². The molecule has 1 heterocycles. The minimum absolute atomic E-state index is 0.0307. The fourth-order valence-electron chi connectivity index (χ4n) is 2.55. The molecule has 2 aromatic carbocycles. The number of imide groups is 1. The number of halogens is 1. The van der Waals surface area contributed by atoms with Crippen molar-refractivity contribution in [2.75, 3.05) is 9.62 Å². The molecule has 2 amide bonds. The Morgan fingerprint density at radius 2 is 1.44 bits per heavy atom. The van der Waals surface area contributed by atoms with Crippen LogP contribution in [0.15, 0.2) is 53.4 Å². The van der Waals surface area contributed by atoms with E-state index < -0.39 is 10.0 Å². The van der Waals surface area contributed by atoms with Crippen molar-refractivity contribution in [1.82, 2.24) is 0 Å². The van der Waals surface area contributed by atoms with Crippen molar-refractivity contribution in [2.24, 2.45) is 0 Å². The molecule has 25 heavy (non-hydrogen) atoms. The first-order valence-corrected chi connectivity index (χ1v) is 9.47. The molecule has 0 unspecified atom stereocenters. The van der Waals surface area contributed by atoms with Crippen molar-refractivity contribution in [3.8, 4) is 0 Å². The molecule has 0 atom stereocenters. The standard InChI is InChI=1S/C17H15ClN2O4S/c18-12-4-6-13(7-5-12)19-25(23,24)15-10-8-14(9-11-15)20-16(21)2-1-3-17(20)22/h4-11,19H,1-3H2. The summed E-state index contributed by atoms with van der Waals surface area (Å²) in [4.78, 5) is 25.0. The number of sulfonamides is 1. The van der Waals surface area contributed by atoms with Crippen LogP contribution >= 0.6 is 11.6 Å². The van der Waals surface area contributed by atoms with Crippen LogP contribution in [0.4, 0.5) is 11.4 Å². The molecule has 6 nitrogen and oxygen atoms in total. The number of nitrogens with one attached hydrogen (secondary N) is 1. The minimum atomic E-state index is -3.78. The number of benzene rings is 2. The molecule has 0 bridgehead atoms. The third-order valence-electron chi connectivity index (χ3n) is 3.78. The van der Waals surface area contributed by atoms with E-state index in [4.69, 9.17) is 11.6 Å². The molecule has 0 radical (unpaired) electrons. The van der Waals surface area contributed by atoms with Gasteiger partial charge >= 0.3 is 0 Å². The lowest BCUT2D eigenvalue weighted by atomic mass is 10.1. The Bertz CT molecular complexity index is 893.